The minimum atomic E-state index is -0.103. The Hall–Kier alpha value is -2.15. The van der Waals surface area contributed by atoms with Gasteiger partial charge in [-0.2, -0.15) is 4.37 Å². The SMILES string of the molecule is CCNC(=NCCOc1cccc(NC(C)=O)c1)N1CCN(c2nc(CC)ns2)CC1.I. The number of halogens is 1. The molecule has 1 fully saturated rings. The Labute approximate surface area is 210 Å². The highest BCUT2D eigenvalue weighted by Crippen LogP contribution is 2.19. The van der Waals surface area contributed by atoms with Gasteiger partial charge in [0.15, 0.2) is 5.96 Å². The highest BCUT2D eigenvalue weighted by Gasteiger charge is 2.22. The number of amides is 1. The van der Waals surface area contributed by atoms with Gasteiger partial charge in [0.2, 0.25) is 11.0 Å². The molecule has 3 rings (SSSR count). The highest BCUT2D eigenvalue weighted by molar-refractivity contribution is 14.0. The van der Waals surface area contributed by atoms with E-state index in [1.165, 1.54) is 18.5 Å². The number of aliphatic imine (C=N–C) groups is 1. The summed E-state index contributed by atoms with van der Waals surface area (Å²) < 4.78 is 10.2. The normalized spacial score (nSPS) is 14.0. The first kappa shape index (κ1) is 26.1. The van der Waals surface area contributed by atoms with Gasteiger partial charge in [-0.3, -0.25) is 4.79 Å². The van der Waals surface area contributed by atoms with Crippen LogP contribution in [-0.2, 0) is 11.2 Å². The monoisotopic (exact) mass is 573 g/mol. The van der Waals surface area contributed by atoms with Gasteiger partial charge < -0.3 is 25.2 Å². The third-order valence-corrected chi connectivity index (χ3v) is 5.55. The molecule has 0 unspecified atom stereocenters. The molecule has 11 heteroatoms. The van der Waals surface area contributed by atoms with Crippen LogP contribution in [0, 0.1) is 0 Å². The van der Waals surface area contributed by atoms with Crippen molar-refractivity contribution in [2.75, 3.05) is 56.1 Å². The average Bonchev–Trinajstić information content (AvgIpc) is 3.25. The standard InChI is InChI=1S/C21H31N7O2S.HI/c1-4-19-25-21(31-26-19)28-12-10-27(11-13-28)20(22-5-2)23-9-14-30-18-8-6-7-17(15-18)24-16(3)29;/h6-8,15H,4-5,9-14H2,1-3H3,(H,22,23)(H,24,29);1H. The van der Waals surface area contributed by atoms with Crippen LogP contribution < -0.4 is 20.3 Å². The second-order valence-electron chi connectivity index (χ2n) is 7.11. The first-order valence-electron chi connectivity index (χ1n) is 10.7. The van der Waals surface area contributed by atoms with E-state index in [4.69, 9.17) is 9.73 Å². The molecule has 0 aliphatic carbocycles. The van der Waals surface area contributed by atoms with Crippen LogP contribution in [0.5, 0.6) is 5.75 Å². The number of rotatable bonds is 8. The summed E-state index contributed by atoms with van der Waals surface area (Å²) in [6.07, 6.45) is 0.868. The molecular formula is C21H32IN7O2S. The molecule has 9 nitrogen and oxygen atoms in total. The third-order valence-electron chi connectivity index (χ3n) is 4.73. The van der Waals surface area contributed by atoms with E-state index in [9.17, 15) is 4.79 Å². The van der Waals surface area contributed by atoms with E-state index < -0.39 is 0 Å². The van der Waals surface area contributed by atoms with Crippen molar-refractivity contribution in [1.29, 1.82) is 0 Å². The van der Waals surface area contributed by atoms with Crippen LogP contribution in [0.15, 0.2) is 29.3 Å². The van der Waals surface area contributed by atoms with E-state index in [1.807, 2.05) is 24.3 Å². The van der Waals surface area contributed by atoms with Gasteiger partial charge in [-0.25, -0.2) is 9.98 Å². The summed E-state index contributed by atoms with van der Waals surface area (Å²) in [5.74, 6) is 2.43. The fraction of sp³-hybridized carbons (Fsp3) is 0.524. The van der Waals surface area contributed by atoms with Gasteiger partial charge in [0.1, 0.15) is 18.2 Å². The molecule has 1 aliphatic rings. The van der Waals surface area contributed by atoms with E-state index >= 15 is 0 Å². The zero-order valence-corrected chi connectivity index (χ0v) is 22.0. The lowest BCUT2D eigenvalue weighted by Crippen LogP contribution is -2.52. The molecule has 176 valence electrons. The number of nitrogens with one attached hydrogen (secondary N) is 2. The second kappa shape index (κ2) is 13.4. The van der Waals surface area contributed by atoms with Crippen LogP contribution >= 0.6 is 35.5 Å². The average molecular weight is 574 g/mol. The quantitative estimate of drug-likeness (QED) is 0.217. The van der Waals surface area contributed by atoms with Crippen LogP contribution in [0.1, 0.15) is 26.6 Å². The number of aromatic nitrogens is 2. The van der Waals surface area contributed by atoms with E-state index in [-0.39, 0.29) is 29.9 Å². The number of carbonyl (C=O) groups is 1. The van der Waals surface area contributed by atoms with Crippen molar-refractivity contribution < 1.29 is 9.53 Å². The molecule has 1 amide bonds. The maximum absolute atomic E-state index is 11.2. The Balaban J connectivity index is 0.00000363. The summed E-state index contributed by atoms with van der Waals surface area (Å²) in [6.45, 7) is 11.0. The molecule has 0 atom stereocenters. The molecule has 1 aromatic heterocycles. The Bertz CT molecular complexity index is 885. The zero-order valence-electron chi connectivity index (χ0n) is 18.8. The minimum Gasteiger partial charge on any atom is -0.492 e. The molecule has 0 spiro atoms. The van der Waals surface area contributed by atoms with Gasteiger partial charge in [0, 0.05) is 69.4 Å². The van der Waals surface area contributed by atoms with Gasteiger partial charge in [-0.15, -0.1) is 24.0 Å². The third kappa shape index (κ3) is 7.76. The van der Waals surface area contributed by atoms with Crippen LogP contribution in [-0.4, -0.2) is 72.0 Å². The molecule has 1 aromatic carbocycles. The molecule has 2 N–H and O–H groups in total. The summed E-state index contributed by atoms with van der Waals surface area (Å²) in [7, 11) is 0. The van der Waals surface area contributed by atoms with Crippen LogP contribution in [0.25, 0.3) is 0 Å². The number of nitrogens with zero attached hydrogens (tertiary/aromatic N) is 5. The zero-order chi connectivity index (χ0) is 22.1. The van der Waals surface area contributed by atoms with Crippen molar-refractivity contribution in [2.45, 2.75) is 27.2 Å². The molecule has 2 aromatic rings. The number of ether oxygens (including phenoxy) is 1. The molecule has 1 aliphatic heterocycles. The van der Waals surface area contributed by atoms with Crippen molar-refractivity contribution in [3.63, 3.8) is 0 Å². The fourth-order valence-electron chi connectivity index (χ4n) is 3.23. The first-order valence-corrected chi connectivity index (χ1v) is 11.5. The number of carbonyl (C=O) groups excluding carboxylic acids is 1. The number of benzene rings is 1. The molecule has 1 saturated heterocycles. The fourth-order valence-corrected chi connectivity index (χ4v) is 4.04. The van der Waals surface area contributed by atoms with Crippen LogP contribution in [0.2, 0.25) is 0 Å². The predicted octanol–water partition coefficient (Wildman–Crippen LogP) is 2.84. The van der Waals surface area contributed by atoms with Gasteiger partial charge in [0.05, 0.1) is 6.54 Å². The second-order valence-corrected chi connectivity index (χ2v) is 7.84. The smallest absolute Gasteiger partial charge is 0.221 e. The number of piperazine rings is 1. The number of anilines is 2. The van der Waals surface area contributed by atoms with Crippen molar-refractivity contribution in [3.05, 3.63) is 30.1 Å². The predicted molar refractivity (Wildman–Crippen MR) is 141 cm³/mol. The van der Waals surface area contributed by atoms with Crippen LogP contribution in [0.3, 0.4) is 0 Å². The largest absolute Gasteiger partial charge is 0.492 e. The Morgan fingerprint density at radius 2 is 2.03 bits per heavy atom. The number of guanidine groups is 1. The molecular weight excluding hydrogens is 541 g/mol. The lowest BCUT2D eigenvalue weighted by molar-refractivity contribution is -0.114. The highest BCUT2D eigenvalue weighted by atomic mass is 127. The number of hydrogen-bond donors (Lipinski definition) is 2. The van der Waals surface area contributed by atoms with Crippen molar-refractivity contribution in [2.24, 2.45) is 4.99 Å². The lowest BCUT2D eigenvalue weighted by Gasteiger charge is -2.36. The van der Waals surface area contributed by atoms with E-state index in [1.54, 1.807) is 0 Å². The van der Waals surface area contributed by atoms with Crippen molar-refractivity contribution >= 4 is 58.2 Å². The number of aryl methyl sites for hydroxylation is 1. The molecule has 0 saturated carbocycles. The van der Waals surface area contributed by atoms with Gasteiger partial charge >= 0.3 is 0 Å². The minimum absolute atomic E-state index is 0. The maximum atomic E-state index is 11.2. The van der Waals surface area contributed by atoms with Crippen molar-refractivity contribution in [3.8, 4) is 5.75 Å². The first-order chi connectivity index (χ1) is 15.1. The summed E-state index contributed by atoms with van der Waals surface area (Å²) in [5.41, 5.74) is 0.723. The van der Waals surface area contributed by atoms with Gasteiger partial charge in [-0.1, -0.05) is 13.0 Å². The van der Waals surface area contributed by atoms with E-state index in [0.29, 0.717) is 18.9 Å². The topological polar surface area (TPSA) is 95.0 Å². The van der Waals surface area contributed by atoms with Gasteiger partial charge in [-0.05, 0) is 19.1 Å². The molecule has 0 bridgehead atoms. The number of hydrogen-bond acceptors (Lipinski definition) is 7. The van der Waals surface area contributed by atoms with Crippen molar-refractivity contribution in [1.82, 2.24) is 19.6 Å². The summed E-state index contributed by atoms with van der Waals surface area (Å²) in [4.78, 5) is 25.1. The maximum Gasteiger partial charge on any atom is 0.221 e. The Morgan fingerprint density at radius 3 is 2.69 bits per heavy atom. The summed E-state index contributed by atoms with van der Waals surface area (Å²) in [5, 5.41) is 7.15. The van der Waals surface area contributed by atoms with Crippen LogP contribution in [0.4, 0.5) is 10.8 Å². The summed E-state index contributed by atoms with van der Waals surface area (Å²) >= 11 is 1.48. The summed E-state index contributed by atoms with van der Waals surface area (Å²) in [6, 6.07) is 7.37. The Morgan fingerprint density at radius 1 is 1.25 bits per heavy atom. The molecule has 0 radical (unpaired) electrons. The lowest BCUT2D eigenvalue weighted by atomic mass is 10.3. The molecule has 2 heterocycles. The van der Waals surface area contributed by atoms with E-state index in [0.717, 1.165) is 61.7 Å². The van der Waals surface area contributed by atoms with Gasteiger partial charge in [0.25, 0.3) is 0 Å². The van der Waals surface area contributed by atoms with E-state index in [2.05, 4.69) is 43.6 Å². The molecule has 32 heavy (non-hydrogen) atoms. The Kier molecular flexibility index (Phi) is 10.9.